The van der Waals surface area contributed by atoms with Crippen LogP contribution < -0.4 is 0 Å². The molecule has 0 unspecified atom stereocenters. The number of aromatic carboxylic acids is 1. The zero-order chi connectivity index (χ0) is 15.7. The van der Waals surface area contributed by atoms with Gasteiger partial charge in [0.05, 0.1) is 21.9 Å². The number of carbonyl (C=O) groups is 1. The van der Waals surface area contributed by atoms with Gasteiger partial charge in [0, 0.05) is 5.56 Å². The highest BCUT2D eigenvalue weighted by Crippen LogP contribution is 2.33. The largest absolute Gasteiger partial charge is 0.476 e. The first-order valence-electron chi connectivity index (χ1n) is 6.27. The summed E-state index contributed by atoms with van der Waals surface area (Å²) in [5, 5.41) is 17.4. The molecule has 0 aliphatic rings. The summed E-state index contributed by atoms with van der Waals surface area (Å²) in [5.74, 6) is -1.09. The summed E-state index contributed by atoms with van der Waals surface area (Å²) in [6.45, 7) is 0. The first-order valence-corrected chi connectivity index (χ1v) is 7.02. The summed E-state index contributed by atoms with van der Waals surface area (Å²) >= 11 is 12.2. The SMILES string of the molecule is O=C(O)c1cnnn1-c1ccc(-c2cccc(Cl)c2Cl)cc1. The first kappa shape index (κ1) is 14.6. The Balaban J connectivity index is 2.01. The number of carboxylic acid groups (broad SMARTS) is 1. The van der Waals surface area contributed by atoms with Crippen LogP contribution in [0.2, 0.25) is 10.0 Å². The Hall–Kier alpha value is -2.37. The highest BCUT2D eigenvalue weighted by Gasteiger charge is 2.13. The summed E-state index contributed by atoms with van der Waals surface area (Å²) < 4.78 is 1.26. The molecule has 0 amide bonds. The standard InChI is InChI=1S/C15H9Cl2N3O2/c16-12-3-1-2-11(14(12)17)9-4-6-10(7-5-9)20-13(15(21)22)8-18-19-20/h1-8H,(H,21,22). The van der Waals surface area contributed by atoms with Crippen molar-refractivity contribution in [3.63, 3.8) is 0 Å². The fraction of sp³-hybridized carbons (Fsp3) is 0. The summed E-state index contributed by atoms with van der Waals surface area (Å²) in [6.07, 6.45) is 1.20. The number of nitrogens with zero attached hydrogens (tertiary/aromatic N) is 3. The monoisotopic (exact) mass is 333 g/mol. The van der Waals surface area contributed by atoms with Gasteiger partial charge in [-0.3, -0.25) is 0 Å². The van der Waals surface area contributed by atoms with E-state index >= 15 is 0 Å². The van der Waals surface area contributed by atoms with Crippen molar-refractivity contribution < 1.29 is 9.90 Å². The minimum absolute atomic E-state index is 0.00598. The van der Waals surface area contributed by atoms with Gasteiger partial charge in [-0.15, -0.1) is 5.10 Å². The van der Waals surface area contributed by atoms with Crippen molar-refractivity contribution in [1.29, 1.82) is 0 Å². The molecule has 0 saturated carbocycles. The normalized spacial score (nSPS) is 10.6. The lowest BCUT2D eigenvalue weighted by Crippen LogP contribution is -2.07. The van der Waals surface area contributed by atoms with E-state index in [1.807, 2.05) is 24.3 Å². The van der Waals surface area contributed by atoms with Gasteiger partial charge in [-0.05, 0) is 23.8 Å². The van der Waals surface area contributed by atoms with Gasteiger partial charge in [-0.25, -0.2) is 9.48 Å². The minimum atomic E-state index is -1.09. The molecule has 1 aromatic heterocycles. The van der Waals surface area contributed by atoms with Crippen LogP contribution in [0.4, 0.5) is 0 Å². The quantitative estimate of drug-likeness (QED) is 0.788. The van der Waals surface area contributed by atoms with Crippen LogP contribution in [0.5, 0.6) is 0 Å². The van der Waals surface area contributed by atoms with Crippen molar-refractivity contribution in [3.8, 4) is 16.8 Å². The average molecular weight is 334 g/mol. The number of hydrogen-bond acceptors (Lipinski definition) is 3. The number of hydrogen-bond donors (Lipinski definition) is 1. The molecule has 3 rings (SSSR count). The topological polar surface area (TPSA) is 68.0 Å². The molecule has 22 heavy (non-hydrogen) atoms. The molecular formula is C15H9Cl2N3O2. The third-order valence-corrected chi connectivity index (χ3v) is 3.96. The second kappa shape index (κ2) is 5.79. The number of halogens is 2. The van der Waals surface area contributed by atoms with E-state index in [-0.39, 0.29) is 5.69 Å². The predicted molar refractivity (Wildman–Crippen MR) is 83.8 cm³/mol. The van der Waals surface area contributed by atoms with Gasteiger partial charge >= 0.3 is 5.97 Å². The molecule has 7 heteroatoms. The van der Waals surface area contributed by atoms with E-state index < -0.39 is 5.97 Å². The molecule has 0 radical (unpaired) electrons. The van der Waals surface area contributed by atoms with Crippen LogP contribution in [0, 0.1) is 0 Å². The van der Waals surface area contributed by atoms with Gasteiger partial charge < -0.3 is 5.11 Å². The second-order valence-corrected chi connectivity index (χ2v) is 5.27. The fourth-order valence-corrected chi connectivity index (χ4v) is 2.49. The number of benzene rings is 2. The molecule has 0 atom stereocenters. The molecule has 5 nitrogen and oxygen atoms in total. The zero-order valence-electron chi connectivity index (χ0n) is 11.1. The molecule has 0 aliphatic carbocycles. The lowest BCUT2D eigenvalue weighted by molar-refractivity contribution is 0.0687. The number of aromatic nitrogens is 3. The van der Waals surface area contributed by atoms with Crippen LogP contribution in [0.15, 0.2) is 48.7 Å². The Morgan fingerprint density at radius 3 is 2.50 bits per heavy atom. The van der Waals surface area contributed by atoms with E-state index in [2.05, 4.69) is 10.3 Å². The molecule has 0 saturated heterocycles. The molecule has 0 bridgehead atoms. The molecule has 3 aromatic rings. The smallest absolute Gasteiger partial charge is 0.356 e. The highest BCUT2D eigenvalue weighted by atomic mass is 35.5. The minimum Gasteiger partial charge on any atom is -0.476 e. The lowest BCUT2D eigenvalue weighted by Gasteiger charge is -2.08. The molecule has 0 fully saturated rings. The van der Waals surface area contributed by atoms with Gasteiger partial charge in [0.25, 0.3) is 0 Å². The van der Waals surface area contributed by atoms with E-state index in [0.29, 0.717) is 15.7 Å². The maximum absolute atomic E-state index is 11.1. The van der Waals surface area contributed by atoms with Gasteiger partial charge in [-0.1, -0.05) is 52.7 Å². The predicted octanol–water partition coefficient (Wildman–Crippen LogP) is 3.94. The Morgan fingerprint density at radius 1 is 1.09 bits per heavy atom. The Kier molecular flexibility index (Phi) is 3.83. The molecule has 1 N–H and O–H groups in total. The first-order chi connectivity index (χ1) is 10.6. The maximum Gasteiger partial charge on any atom is 0.356 e. The van der Waals surface area contributed by atoms with E-state index in [9.17, 15) is 4.79 Å². The van der Waals surface area contributed by atoms with E-state index in [1.54, 1.807) is 18.2 Å². The van der Waals surface area contributed by atoms with Gasteiger partial charge in [0.15, 0.2) is 5.69 Å². The Morgan fingerprint density at radius 2 is 1.82 bits per heavy atom. The van der Waals surface area contributed by atoms with E-state index in [4.69, 9.17) is 28.3 Å². The van der Waals surface area contributed by atoms with Crippen LogP contribution in [0.1, 0.15) is 10.5 Å². The lowest BCUT2D eigenvalue weighted by atomic mass is 10.1. The molecule has 0 aliphatic heterocycles. The average Bonchev–Trinajstić information content (AvgIpc) is 3.00. The van der Waals surface area contributed by atoms with Crippen LogP contribution in [0.25, 0.3) is 16.8 Å². The van der Waals surface area contributed by atoms with Crippen molar-refractivity contribution in [1.82, 2.24) is 15.0 Å². The molecule has 110 valence electrons. The molecule has 0 spiro atoms. The van der Waals surface area contributed by atoms with Crippen molar-refractivity contribution in [3.05, 3.63) is 64.4 Å². The van der Waals surface area contributed by atoms with Crippen molar-refractivity contribution >= 4 is 29.2 Å². The summed E-state index contributed by atoms with van der Waals surface area (Å²) in [4.78, 5) is 11.1. The number of carboxylic acids is 1. The van der Waals surface area contributed by atoms with Crippen LogP contribution in [-0.2, 0) is 0 Å². The Bertz CT molecular complexity index is 844. The van der Waals surface area contributed by atoms with Crippen LogP contribution in [-0.4, -0.2) is 26.1 Å². The third-order valence-electron chi connectivity index (χ3n) is 3.14. The van der Waals surface area contributed by atoms with Crippen LogP contribution >= 0.6 is 23.2 Å². The van der Waals surface area contributed by atoms with Crippen molar-refractivity contribution in [2.45, 2.75) is 0 Å². The Labute approximate surface area is 135 Å². The second-order valence-electron chi connectivity index (χ2n) is 4.48. The van der Waals surface area contributed by atoms with Gasteiger partial charge in [0.2, 0.25) is 0 Å². The maximum atomic E-state index is 11.1. The molecular weight excluding hydrogens is 325 g/mol. The summed E-state index contributed by atoms with van der Waals surface area (Å²) in [5.41, 5.74) is 2.26. The highest BCUT2D eigenvalue weighted by molar-refractivity contribution is 6.43. The fourth-order valence-electron chi connectivity index (χ4n) is 2.08. The van der Waals surface area contributed by atoms with Gasteiger partial charge in [-0.2, -0.15) is 0 Å². The van der Waals surface area contributed by atoms with E-state index in [1.165, 1.54) is 10.9 Å². The molecule has 1 heterocycles. The van der Waals surface area contributed by atoms with Gasteiger partial charge in [0.1, 0.15) is 0 Å². The van der Waals surface area contributed by atoms with Crippen molar-refractivity contribution in [2.24, 2.45) is 0 Å². The zero-order valence-corrected chi connectivity index (χ0v) is 12.6. The molecule has 2 aromatic carbocycles. The van der Waals surface area contributed by atoms with Crippen molar-refractivity contribution in [2.75, 3.05) is 0 Å². The van der Waals surface area contributed by atoms with Crippen LogP contribution in [0.3, 0.4) is 0 Å². The summed E-state index contributed by atoms with van der Waals surface area (Å²) in [7, 11) is 0. The summed E-state index contributed by atoms with van der Waals surface area (Å²) in [6, 6.07) is 12.5. The van der Waals surface area contributed by atoms with E-state index in [0.717, 1.165) is 11.1 Å². The number of rotatable bonds is 3. The third kappa shape index (κ3) is 2.56.